The second-order valence-corrected chi connectivity index (χ2v) is 8.64. The number of hydrogen-bond acceptors (Lipinski definition) is 8. The Morgan fingerprint density at radius 1 is 1.18 bits per heavy atom. The summed E-state index contributed by atoms with van der Waals surface area (Å²) in [4.78, 5) is 41.4. The molecule has 1 saturated carbocycles. The molecule has 9 nitrogen and oxygen atoms in total. The lowest BCUT2D eigenvalue weighted by Crippen LogP contribution is -2.22. The molecule has 1 aliphatic rings. The summed E-state index contributed by atoms with van der Waals surface area (Å²) in [6.07, 6.45) is 3.41. The molecule has 3 aromatic heterocycles. The number of ether oxygens (including phenoxy) is 2. The molecule has 0 saturated heterocycles. The maximum atomic E-state index is 12.4. The standard InChI is InChI=1S/C23H24N4O5S/c1-4-31-23(30)20-17(15-5-6-15)12-33-21(20)25-19(28)11-32-22(29)16-7-8-18(24-10-16)27-14(3)9-13(2)26-27/h7-10,12,15H,4-6,11H2,1-3H3,(H,25,28). The molecular weight excluding hydrogens is 444 g/mol. The van der Waals surface area contributed by atoms with Crippen LogP contribution in [0.25, 0.3) is 5.82 Å². The van der Waals surface area contributed by atoms with E-state index in [4.69, 9.17) is 9.47 Å². The zero-order valence-corrected chi connectivity index (χ0v) is 19.4. The van der Waals surface area contributed by atoms with Crippen LogP contribution in [0.4, 0.5) is 5.00 Å². The van der Waals surface area contributed by atoms with E-state index in [1.807, 2.05) is 25.3 Å². The zero-order valence-electron chi connectivity index (χ0n) is 18.6. The van der Waals surface area contributed by atoms with Crippen molar-refractivity contribution in [3.05, 3.63) is 57.9 Å². The van der Waals surface area contributed by atoms with Crippen molar-refractivity contribution in [2.24, 2.45) is 0 Å². The van der Waals surface area contributed by atoms with Gasteiger partial charge in [0.1, 0.15) is 5.00 Å². The van der Waals surface area contributed by atoms with Gasteiger partial charge in [0.15, 0.2) is 12.4 Å². The molecule has 0 atom stereocenters. The van der Waals surface area contributed by atoms with Crippen LogP contribution in [0.2, 0.25) is 0 Å². The number of rotatable bonds is 8. The molecule has 0 bridgehead atoms. The molecule has 1 N–H and O–H groups in total. The van der Waals surface area contributed by atoms with Crippen molar-refractivity contribution in [1.82, 2.24) is 14.8 Å². The highest BCUT2D eigenvalue weighted by Crippen LogP contribution is 2.46. The van der Waals surface area contributed by atoms with Gasteiger partial charge in [0.2, 0.25) is 0 Å². The average molecular weight is 469 g/mol. The van der Waals surface area contributed by atoms with Crippen LogP contribution >= 0.6 is 11.3 Å². The quantitative estimate of drug-likeness (QED) is 0.501. The van der Waals surface area contributed by atoms with Crippen LogP contribution in [0.15, 0.2) is 29.8 Å². The number of hydrogen-bond donors (Lipinski definition) is 1. The summed E-state index contributed by atoms with van der Waals surface area (Å²) < 4.78 is 12.0. The summed E-state index contributed by atoms with van der Waals surface area (Å²) in [6.45, 7) is 5.29. The first kappa shape index (κ1) is 22.7. The van der Waals surface area contributed by atoms with Gasteiger partial charge in [-0.25, -0.2) is 19.3 Å². The van der Waals surface area contributed by atoms with E-state index in [1.165, 1.54) is 17.5 Å². The largest absolute Gasteiger partial charge is 0.462 e. The smallest absolute Gasteiger partial charge is 0.341 e. The van der Waals surface area contributed by atoms with Gasteiger partial charge >= 0.3 is 11.9 Å². The van der Waals surface area contributed by atoms with E-state index >= 15 is 0 Å². The molecule has 0 unspecified atom stereocenters. The van der Waals surface area contributed by atoms with E-state index in [2.05, 4.69) is 15.4 Å². The number of aryl methyl sites for hydroxylation is 2. The molecule has 0 aliphatic heterocycles. The average Bonchev–Trinajstić information content (AvgIpc) is 3.47. The minimum absolute atomic E-state index is 0.215. The van der Waals surface area contributed by atoms with Gasteiger partial charge in [-0.15, -0.1) is 11.3 Å². The first-order chi connectivity index (χ1) is 15.9. The summed E-state index contributed by atoms with van der Waals surface area (Å²) in [6, 6.07) is 5.16. The summed E-state index contributed by atoms with van der Waals surface area (Å²) in [7, 11) is 0. The Morgan fingerprint density at radius 2 is 1.97 bits per heavy atom. The van der Waals surface area contributed by atoms with Crippen LogP contribution in [0.3, 0.4) is 0 Å². The third-order valence-electron chi connectivity index (χ3n) is 5.11. The number of carbonyl (C=O) groups is 3. The predicted octanol–water partition coefficient (Wildman–Crippen LogP) is 3.80. The maximum Gasteiger partial charge on any atom is 0.341 e. The van der Waals surface area contributed by atoms with E-state index in [0.29, 0.717) is 22.3 Å². The van der Waals surface area contributed by atoms with Gasteiger partial charge < -0.3 is 14.8 Å². The summed E-state index contributed by atoms with van der Waals surface area (Å²) >= 11 is 1.27. The van der Waals surface area contributed by atoms with Crippen molar-refractivity contribution in [2.45, 2.75) is 39.5 Å². The van der Waals surface area contributed by atoms with E-state index in [9.17, 15) is 14.4 Å². The molecule has 0 aromatic carbocycles. The predicted molar refractivity (Wildman–Crippen MR) is 122 cm³/mol. The number of esters is 2. The van der Waals surface area contributed by atoms with Crippen molar-refractivity contribution < 1.29 is 23.9 Å². The number of anilines is 1. The molecule has 3 aromatic rings. The molecule has 0 radical (unpaired) electrons. The third kappa shape index (κ3) is 5.11. The molecule has 10 heteroatoms. The molecule has 33 heavy (non-hydrogen) atoms. The Bertz CT molecular complexity index is 1190. The lowest BCUT2D eigenvalue weighted by molar-refractivity contribution is -0.119. The van der Waals surface area contributed by atoms with Crippen molar-refractivity contribution in [1.29, 1.82) is 0 Å². The fourth-order valence-electron chi connectivity index (χ4n) is 3.44. The van der Waals surface area contributed by atoms with Crippen LogP contribution in [0.5, 0.6) is 0 Å². The number of thiophene rings is 1. The van der Waals surface area contributed by atoms with Gasteiger partial charge in [0.25, 0.3) is 5.91 Å². The highest BCUT2D eigenvalue weighted by atomic mass is 32.1. The maximum absolute atomic E-state index is 12.4. The number of aromatic nitrogens is 3. The Morgan fingerprint density at radius 3 is 2.58 bits per heavy atom. The minimum Gasteiger partial charge on any atom is -0.462 e. The fourth-order valence-corrected chi connectivity index (χ4v) is 4.49. The molecule has 3 heterocycles. The van der Waals surface area contributed by atoms with Crippen LogP contribution in [0, 0.1) is 13.8 Å². The molecule has 0 spiro atoms. The van der Waals surface area contributed by atoms with E-state index < -0.39 is 24.5 Å². The third-order valence-corrected chi connectivity index (χ3v) is 6.03. The van der Waals surface area contributed by atoms with Gasteiger partial charge in [-0.1, -0.05) is 0 Å². The van der Waals surface area contributed by atoms with Crippen molar-refractivity contribution in [2.75, 3.05) is 18.5 Å². The van der Waals surface area contributed by atoms with Crippen molar-refractivity contribution in [3.8, 4) is 5.82 Å². The number of amides is 1. The number of pyridine rings is 1. The molecule has 172 valence electrons. The number of nitrogens with zero attached hydrogens (tertiary/aromatic N) is 3. The molecule has 4 rings (SSSR count). The van der Waals surface area contributed by atoms with E-state index in [1.54, 1.807) is 23.7 Å². The highest BCUT2D eigenvalue weighted by Gasteiger charge is 2.32. The van der Waals surface area contributed by atoms with Gasteiger partial charge in [-0.2, -0.15) is 5.10 Å². The zero-order chi connectivity index (χ0) is 23.5. The molecule has 1 fully saturated rings. The van der Waals surface area contributed by atoms with Crippen molar-refractivity contribution >= 4 is 34.2 Å². The Labute approximate surface area is 194 Å². The van der Waals surface area contributed by atoms with Crippen molar-refractivity contribution in [3.63, 3.8) is 0 Å². The lowest BCUT2D eigenvalue weighted by atomic mass is 10.1. The van der Waals surface area contributed by atoms with Crippen LogP contribution in [-0.2, 0) is 14.3 Å². The number of carbonyl (C=O) groups excluding carboxylic acids is 3. The van der Waals surface area contributed by atoms with Gasteiger partial charge in [0, 0.05) is 11.9 Å². The monoisotopic (exact) mass is 468 g/mol. The van der Waals surface area contributed by atoms with Crippen LogP contribution in [0.1, 0.15) is 63.4 Å². The van der Waals surface area contributed by atoms with Gasteiger partial charge in [-0.05, 0) is 68.7 Å². The molecule has 1 amide bonds. The Kier molecular flexibility index (Phi) is 6.55. The second kappa shape index (κ2) is 9.53. The molecular formula is C23H24N4O5S. The first-order valence-electron chi connectivity index (χ1n) is 10.6. The normalized spacial score (nSPS) is 12.9. The lowest BCUT2D eigenvalue weighted by Gasteiger charge is -2.09. The summed E-state index contributed by atoms with van der Waals surface area (Å²) in [5.74, 6) is -0.764. The summed E-state index contributed by atoms with van der Waals surface area (Å²) in [5.41, 5.74) is 3.30. The highest BCUT2D eigenvalue weighted by molar-refractivity contribution is 7.15. The van der Waals surface area contributed by atoms with E-state index in [0.717, 1.165) is 29.8 Å². The minimum atomic E-state index is -0.673. The second-order valence-electron chi connectivity index (χ2n) is 7.76. The fraction of sp³-hybridized carbons (Fsp3) is 0.348. The van der Waals surface area contributed by atoms with Crippen LogP contribution < -0.4 is 5.32 Å². The van der Waals surface area contributed by atoms with E-state index in [-0.39, 0.29) is 12.2 Å². The van der Waals surface area contributed by atoms with Gasteiger partial charge in [-0.3, -0.25) is 4.79 Å². The SMILES string of the molecule is CCOC(=O)c1c(C2CC2)csc1NC(=O)COC(=O)c1ccc(-n2nc(C)cc2C)nc1. The van der Waals surface area contributed by atoms with Gasteiger partial charge in [0.05, 0.1) is 23.4 Å². The van der Waals surface area contributed by atoms with Crippen LogP contribution in [-0.4, -0.2) is 45.8 Å². The first-order valence-corrected chi connectivity index (χ1v) is 11.5. The molecule has 1 aliphatic carbocycles. The summed E-state index contributed by atoms with van der Waals surface area (Å²) in [5, 5.41) is 9.31. The Balaban J connectivity index is 1.37. The Hall–Kier alpha value is -3.53. The topological polar surface area (TPSA) is 112 Å². The number of nitrogens with one attached hydrogen (secondary N) is 1.